The summed E-state index contributed by atoms with van der Waals surface area (Å²) in [5, 5.41) is 0.635. The van der Waals surface area contributed by atoms with Crippen LogP contribution in [0.4, 0.5) is 0 Å². The number of rotatable bonds is 8. The Labute approximate surface area is 145 Å². The Morgan fingerprint density at radius 2 is 1.87 bits per heavy atom. The highest BCUT2D eigenvalue weighted by Gasteiger charge is 2.19. The molecule has 0 N–H and O–H groups in total. The monoisotopic (exact) mass is 373 g/mol. The van der Waals surface area contributed by atoms with E-state index >= 15 is 0 Å². The molecule has 4 nitrogen and oxygen atoms in total. The minimum atomic E-state index is -3.75. The van der Waals surface area contributed by atoms with E-state index in [1.54, 1.807) is 6.92 Å². The maximum Gasteiger partial charge on any atom is 0.272 e. The zero-order valence-corrected chi connectivity index (χ0v) is 15.6. The van der Waals surface area contributed by atoms with Gasteiger partial charge in [0.05, 0.1) is 12.3 Å². The molecule has 0 aliphatic heterocycles. The summed E-state index contributed by atoms with van der Waals surface area (Å²) in [6, 6.07) is 7.51. The SMILES string of the molecule is CCCCCCOc1ccc(-c2nc(C)c(S(=O)(=O)Cl)s2)cc1. The van der Waals surface area contributed by atoms with Gasteiger partial charge in [0.2, 0.25) is 0 Å². The molecule has 0 radical (unpaired) electrons. The molecule has 1 heterocycles. The standard InChI is InChI=1S/C16H20ClNO3S2/c1-3-4-5-6-11-21-14-9-7-13(8-10-14)15-18-12(2)16(22-15)23(17,19)20/h7-10H,3-6,11H2,1-2H3. The first-order chi connectivity index (χ1) is 10.9. The molecule has 0 saturated heterocycles. The van der Waals surface area contributed by atoms with Crippen molar-refractivity contribution in [2.75, 3.05) is 6.61 Å². The van der Waals surface area contributed by atoms with Crippen LogP contribution in [0, 0.1) is 6.92 Å². The molecule has 23 heavy (non-hydrogen) atoms. The summed E-state index contributed by atoms with van der Waals surface area (Å²) in [6.07, 6.45) is 4.68. The van der Waals surface area contributed by atoms with E-state index in [9.17, 15) is 8.42 Å². The first kappa shape index (κ1) is 18.2. The summed E-state index contributed by atoms with van der Waals surface area (Å²) in [7, 11) is 1.66. The van der Waals surface area contributed by atoms with Gasteiger partial charge in [0.1, 0.15) is 10.8 Å². The Kier molecular flexibility index (Phi) is 6.44. The van der Waals surface area contributed by atoms with Crippen molar-refractivity contribution >= 4 is 31.1 Å². The third-order valence-electron chi connectivity index (χ3n) is 3.34. The average molecular weight is 374 g/mol. The minimum Gasteiger partial charge on any atom is -0.494 e. The smallest absolute Gasteiger partial charge is 0.272 e. The maximum absolute atomic E-state index is 11.5. The lowest BCUT2D eigenvalue weighted by atomic mass is 10.2. The van der Waals surface area contributed by atoms with Gasteiger partial charge in [0, 0.05) is 16.2 Å². The van der Waals surface area contributed by atoms with Crippen LogP contribution in [0.2, 0.25) is 0 Å². The second-order valence-electron chi connectivity index (χ2n) is 5.26. The lowest BCUT2D eigenvalue weighted by Crippen LogP contribution is -1.96. The van der Waals surface area contributed by atoms with Crippen LogP contribution >= 0.6 is 22.0 Å². The Balaban J connectivity index is 2.02. The van der Waals surface area contributed by atoms with Gasteiger partial charge in [-0.05, 0) is 37.6 Å². The van der Waals surface area contributed by atoms with E-state index in [-0.39, 0.29) is 4.21 Å². The molecular weight excluding hydrogens is 354 g/mol. The number of unbranched alkanes of at least 4 members (excludes halogenated alkanes) is 3. The van der Waals surface area contributed by atoms with Crippen LogP contribution in [0.3, 0.4) is 0 Å². The van der Waals surface area contributed by atoms with Crippen LogP contribution in [0.25, 0.3) is 10.6 Å². The quantitative estimate of drug-likeness (QED) is 0.482. The lowest BCUT2D eigenvalue weighted by Gasteiger charge is -2.06. The highest BCUT2D eigenvalue weighted by atomic mass is 35.7. The number of halogens is 1. The molecule has 2 aromatic rings. The van der Waals surface area contributed by atoms with E-state index < -0.39 is 9.05 Å². The highest BCUT2D eigenvalue weighted by Crippen LogP contribution is 2.33. The van der Waals surface area contributed by atoms with E-state index in [0.717, 1.165) is 29.1 Å². The van der Waals surface area contributed by atoms with Crippen LogP contribution in [0.1, 0.15) is 38.3 Å². The molecule has 0 aliphatic rings. The normalized spacial score (nSPS) is 11.6. The van der Waals surface area contributed by atoms with Crippen molar-refractivity contribution in [2.45, 2.75) is 43.7 Å². The van der Waals surface area contributed by atoms with Crippen LogP contribution in [-0.2, 0) is 9.05 Å². The van der Waals surface area contributed by atoms with Gasteiger partial charge in [-0.2, -0.15) is 0 Å². The van der Waals surface area contributed by atoms with Crippen LogP contribution in [0.5, 0.6) is 5.75 Å². The Bertz CT molecular complexity index is 739. The molecule has 0 aliphatic carbocycles. The molecule has 1 aromatic heterocycles. The zero-order chi connectivity index (χ0) is 16.9. The van der Waals surface area contributed by atoms with Gasteiger partial charge in [-0.15, -0.1) is 11.3 Å². The van der Waals surface area contributed by atoms with Crippen LogP contribution in [0.15, 0.2) is 28.5 Å². The predicted octanol–water partition coefficient (Wildman–Crippen LogP) is 5.01. The molecule has 0 saturated carbocycles. The summed E-state index contributed by atoms with van der Waals surface area (Å²) in [4.78, 5) is 4.29. The molecule has 126 valence electrons. The van der Waals surface area contributed by atoms with Gasteiger partial charge in [0.15, 0.2) is 4.21 Å². The summed E-state index contributed by atoms with van der Waals surface area (Å²) in [6.45, 7) is 4.54. The first-order valence-corrected chi connectivity index (χ1v) is 10.7. The predicted molar refractivity (Wildman–Crippen MR) is 95.0 cm³/mol. The Hall–Kier alpha value is -1.11. The van der Waals surface area contributed by atoms with Crippen LogP contribution in [-0.4, -0.2) is 20.0 Å². The van der Waals surface area contributed by atoms with Crippen molar-refractivity contribution in [3.05, 3.63) is 30.0 Å². The number of aryl methyl sites for hydroxylation is 1. The van der Waals surface area contributed by atoms with E-state index in [1.165, 1.54) is 19.3 Å². The van der Waals surface area contributed by atoms with Crippen molar-refractivity contribution in [2.24, 2.45) is 0 Å². The Morgan fingerprint density at radius 1 is 1.17 bits per heavy atom. The van der Waals surface area contributed by atoms with E-state index in [2.05, 4.69) is 11.9 Å². The fourth-order valence-corrected chi connectivity index (χ4v) is 4.60. The molecule has 0 bridgehead atoms. The van der Waals surface area contributed by atoms with Gasteiger partial charge in [-0.25, -0.2) is 13.4 Å². The van der Waals surface area contributed by atoms with Crippen molar-refractivity contribution in [1.29, 1.82) is 0 Å². The molecule has 0 spiro atoms. The number of nitrogens with zero attached hydrogens (tertiary/aromatic N) is 1. The van der Waals surface area contributed by atoms with Crippen molar-refractivity contribution in [3.8, 4) is 16.3 Å². The number of thiazole rings is 1. The Morgan fingerprint density at radius 3 is 2.43 bits per heavy atom. The van der Waals surface area contributed by atoms with Gasteiger partial charge in [-0.1, -0.05) is 26.2 Å². The zero-order valence-electron chi connectivity index (χ0n) is 13.2. The van der Waals surface area contributed by atoms with Gasteiger partial charge in [0.25, 0.3) is 9.05 Å². The molecular formula is C16H20ClNO3S2. The number of aromatic nitrogens is 1. The molecule has 0 atom stereocenters. The number of ether oxygens (including phenoxy) is 1. The average Bonchev–Trinajstić information content (AvgIpc) is 2.90. The summed E-state index contributed by atoms with van der Waals surface area (Å²) < 4.78 is 28.7. The third kappa shape index (κ3) is 5.19. The lowest BCUT2D eigenvalue weighted by molar-refractivity contribution is 0.305. The fraction of sp³-hybridized carbons (Fsp3) is 0.438. The number of hydrogen-bond acceptors (Lipinski definition) is 5. The molecule has 1 aromatic carbocycles. The van der Waals surface area contributed by atoms with E-state index in [0.29, 0.717) is 17.3 Å². The topological polar surface area (TPSA) is 56.3 Å². The minimum absolute atomic E-state index is 0.102. The summed E-state index contributed by atoms with van der Waals surface area (Å²) in [5.41, 5.74) is 1.28. The van der Waals surface area contributed by atoms with E-state index in [1.807, 2.05) is 24.3 Å². The molecule has 0 unspecified atom stereocenters. The van der Waals surface area contributed by atoms with E-state index in [4.69, 9.17) is 15.4 Å². The molecule has 0 amide bonds. The van der Waals surface area contributed by atoms with Gasteiger partial charge < -0.3 is 4.74 Å². The third-order valence-corrected chi connectivity index (χ3v) is 6.73. The molecule has 0 fully saturated rings. The second-order valence-corrected chi connectivity index (χ2v) is 9.02. The maximum atomic E-state index is 11.5. The first-order valence-electron chi connectivity index (χ1n) is 7.57. The summed E-state index contributed by atoms with van der Waals surface area (Å²) in [5.74, 6) is 0.809. The second kappa shape index (κ2) is 8.13. The van der Waals surface area contributed by atoms with Crippen LogP contribution < -0.4 is 4.74 Å². The summed E-state index contributed by atoms with van der Waals surface area (Å²) >= 11 is 1.08. The molecule has 2 rings (SSSR count). The highest BCUT2D eigenvalue weighted by molar-refractivity contribution is 8.15. The van der Waals surface area contributed by atoms with Crippen molar-refractivity contribution in [1.82, 2.24) is 4.98 Å². The fourth-order valence-electron chi connectivity index (χ4n) is 2.14. The molecule has 7 heteroatoms. The van der Waals surface area contributed by atoms with Crippen molar-refractivity contribution < 1.29 is 13.2 Å². The van der Waals surface area contributed by atoms with Crippen molar-refractivity contribution in [3.63, 3.8) is 0 Å². The largest absolute Gasteiger partial charge is 0.494 e. The number of benzene rings is 1. The number of hydrogen-bond donors (Lipinski definition) is 0. The van der Waals surface area contributed by atoms with Gasteiger partial charge >= 0.3 is 0 Å². The van der Waals surface area contributed by atoms with Gasteiger partial charge in [-0.3, -0.25) is 0 Å².